The Morgan fingerprint density at radius 2 is 2.05 bits per heavy atom. The maximum absolute atomic E-state index is 12.3. The molecule has 1 saturated heterocycles. The van der Waals surface area contributed by atoms with Crippen molar-refractivity contribution in [1.82, 2.24) is 10.2 Å². The van der Waals surface area contributed by atoms with Crippen LogP contribution in [0.1, 0.15) is 22.3 Å². The summed E-state index contributed by atoms with van der Waals surface area (Å²) >= 11 is 0. The van der Waals surface area contributed by atoms with Crippen molar-refractivity contribution in [3.63, 3.8) is 0 Å². The van der Waals surface area contributed by atoms with Crippen molar-refractivity contribution in [3.05, 3.63) is 34.4 Å². The number of hydrogen-bond donors (Lipinski definition) is 1. The number of amides is 2. The molecular formula is C17H26N2O3. The second-order valence-electron chi connectivity index (χ2n) is 5.93. The lowest BCUT2D eigenvalue weighted by molar-refractivity contribution is -0.0494. The summed E-state index contributed by atoms with van der Waals surface area (Å²) in [5.74, 6) is 0. The average Bonchev–Trinajstić information content (AvgIpc) is 2.46. The molecule has 0 bridgehead atoms. The molecule has 1 fully saturated rings. The molecule has 1 N–H and O–H groups in total. The van der Waals surface area contributed by atoms with Crippen molar-refractivity contribution in [3.8, 4) is 0 Å². The molecule has 0 aliphatic carbocycles. The zero-order valence-corrected chi connectivity index (χ0v) is 13.9. The molecule has 1 aromatic carbocycles. The smallest absolute Gasteiger partial charge is 0.317 e. The topological polar surface area (TPSA) is 50.8 Å². The van der Waals surface area contributed by atoms with Crippen LogP contribution < -0.4 is 5.32 Å². The lowest BCUT2D eigenvalue weighted by atomic mass is 10.00. The summed E-state index contributed by atoms with van der Waals surface area (Å²) in [6.45, 7) is 9.10. The first-order valence-electron chi connectivity index (χ1n) is 7.71. The van der Waals surface area contributed by atoms with E-state index in [1.54, 1.807) is 12.0 Å². The van der Waals surface area contributed by atoms with Crippen LogP contribution in [0.15, 0.2) is 12.1 Å². The van der Waals surface area contributed by atoms with Gasteiger partial charge in [-0.15, -0.1) is 0 Å². The number of aryl methyl sites for hydroxylation is 3. The molecule has 1 heterocycles. The van der Waals surface area contributed by atoms with Crippen molar-refractivity contribution in [2.24, 2.45) is 0 Å². The minimum atomic E-state index is -0.0382. The Hall–Kier alpha value is -1.59. The van der Waals surface area contributed by atoms with Gasteiger partial charge in [0.05, 0.1) is 25.9 Å². The Labute approximate surface area is 132 Å². The predicted molar refractivity (Wildman–Crippen MR) is 86.1 cm³/mol. The largest absolute Gasteiger partial charge is 0.382 e. The van der Waals surface area contributed by atoms with Crippen LogP contribution in [0.25, 0.3) is 0 Å². The molecule has 0 spiro atoms. The van der Waals surface area contributed by atoms with Crippen LogP contribution in [0.5, 0.6) is 0 Å². The number of benzene rings is 1. The van der Waals surface area contributed by atoms with E-state index in [0.717, 1.165) is 0 Å². The maximum atomic E-state index is 12.3. The van der Waals surface area contributed by atoms with E-state index in [2.05, 4.69) is 38.2 Å². The summed E-state index contributed by atoms with van der Waals surface area (Å²) in [7, 11) is 1.64. The molecule has 2 amide bonds. The van der Waals surface area contributed by atoms with Crippen LogP contribution in [0.3, 0.4) is 0 Å². The van der Waals surface area contributed by atoms with Crippen molar-refractivity contribution < 1.29 is 14.3 Å². The summed E-state index contributed by atoms with van der Waals surface area (Å²) in [6.07, 6.45) is -0.0349. The molecule has 1 aliphatic rings. The molecule has 0 saturated carbocycles. The van der Waals surface area contributed by atoms with E-state index >= 15 is 0 Å². The lowest BCUT2D eigenvalue weighted by Gasteiger charge is -2.32. The molecule has 5 nitrogen and oxygen atoms in total. The minimum Gasteiger partial charge on any atom is -0.382 e. The highest BCUT2D eigenvalue weighted by Crippen LogP contribution is 2.16. The molecule has 1 aromatic rings. The van der Waals surface area contributed by atoms with Crippen LogP contribution >= 0.6 is 0 Å². The van der Waals surface area contributed by atoms with Gasteiger partial charge in [0.25, 0.3) is 0 Å². The molecule has 1 aliphatic heterocycles. The first kappa shape index (κ1) is 16.8. The summed E-state index contributed by atoms with van der Waals surface area (Å²) in [5, 5.41) is 3.02. The van der Waals surface area contributed by atoms with Gasteiger partial charge in [0.15, 0.2) is 0 Å². The van der Waals surface area contributed by atoms with Crippen LogP contribution in [-0.4, -0.2) is 50.4 Å². The monoisotopic (exact) mass is 306 g/mol. The van der Waals surface area contributed by atoms with Gasteiger partial charge >= 0.3 is 6.03 Å². The first-order valence-corrected chi connectivity index (χ1v) is 7.71. The molecule has 0 radical (unpaired) electrons. The Balaban J connectivity index is 1.93. The number of carbonyl (C=O) groups excluding carboxylic acids is 1. The summed E-state index contributed by atoms with van der Waals surface area (Å²) in [4.78, 5) is 14.1. The van der Waals surface area contributed by atoms with Crippen LogP contribution in [0.2, 0.25) is 0 Å². The summed E-state index contributed by atoms with van der Waals surface area (Å²) in [5.41, 5.74) is 4.88. The molecule has 5 heteroatoms. The minimum absolute atomic E-state index is 0.0349. The number of nitrogens with one attached hydrogen (secondary N) is 1. The van der Waals surface area contributed by atoms with Gasteiger partial charge < -0.3 is 19.7 Å². The SMILES string of the molecule is COCC1CN(C(=O)NCc2c(C)cc(C)cc2C)CCO1. The highest BCUT2D eigenvalue weighted by Gasteiger charge is 2.24. The Morgan fingerprint density at radius 3 is 2.68 bits per heavy atom. The second kappa shape index (κ2) is 7.61. The van der Waals surface area contributed by atoms with Gasteiger partial charge in [0.1, 0.15) is 0 Å². The number of hydrogen-bond acceptors (Lipinski definition) is 3. The Kier molecular flexibility index (Phi) is 5.80. The number of carbonyl (C=O) groups is 1. The van der Waals surface area contributed by atoms with Gasteiger partial charge in [0.2, 0.25) is 0 Å². The van der Waals surface area contributed by atoms with E-state index in [9.17, 15) is 4.79 Å². The van der Waals surface area contributed by atoms with Crippen molar-refractivity contribution >= 4 is 6.03 Å². The molecule has 0 aromatic heterocycles. The fraction of sp³-hybridized carbons (Fsp3) is 0.588. The van der Waals surface area contributed by atoms with Gasteiger partial charge in [-0.05, 0) is 37.5 Å². The van der Waals surface area contributed by atoms with E-state index in [0.29, 0.717) is 32.8 Å². The summed E-state index contributed by atoms with van der Waals surface area (Å²) < 4.78 is 10.7. The van der Waals surface area contributed by atoms with Crippen molar-refractivity contribution in [1.29, 1.82) is 0 Å². The number of methoxy groups -OCH3 is 1. The molecular weight excluding hydrogens is 280 g/mol. The zero-order valence-electron chi connectivity index (χ0n) is 13.9. The zero-order chi connectivity index (χ0) is 16.1. The molecule has 122 valence electrons. The van der Waals surface area contributed by atoms with E-state index in [1.165, 1.54) is 22.3 Å². The van der Waals surface area contributed by atoms with Gasteiger partial charge in [-0.25, -0.2) is 4.79 Å². The Bertz CT molecular complexity index is 506. The third-order valence-electron chi connectivity index (χ3n) is 4.04. The van der Waals surface area contributed by atoms with E-state index < -0.39 is 0 Å². The van der Waals surface area contributed by atoms with Gasteiger partial charge in [-0.2, -0.15) is 0 Å². The van der Waals surface area contributed by atoms with Crippen molar-refractivity contribution in [2.75, 3.05) is 33.4 Å². The average molecular weight is 306 g/mol. The number of morpholine rings is 1. The highest BCUT2D eigenvalue weighted by atomic mass is 16.5. The van der Waals surface area contributed by atoms with Gasteiger partial charge in [-0.1, -0.05) is 17.7 Å². The standard InChI is InChI=1S/C17H26N2O3/c1-12-7-13(2)16(14(3)8-12)9-18-17(20)19-5-6-22-15(10-19)11-21-4/h7-8,15H,5-6,9-11H2,1-4H3,(H,18,20). The number of urea groups is 1. The molecule has 1 atom stereocenters. The van der Waals surface area contributed by atoms with Crippen LogP contribution in [0, 0.1) is 20.8 Å². The van der Waals surface area contributed by atoms with Crippen molar-refractivity contribution in [2.45, 2.75) is 33.4 Å². The number of rotatable bonds is 4. The molecule has 2 rings (SSSR count). The number of ether oxygens (including phenoxy) is 2. The van der Waals surface area contributed by atoms with Gasteiger partial charge in [0, 0.05) is 20.2 Å². The van der Waals surface area contributed by atoms with E-state index in [4.69, 9.17) is 9.47 Å². The quantitative estimate of drug-likeness (QED) is 0.927. The third-order valence-corrected chi connectivity index (χ3v) is 4.04. The fourth-order valence-electron chi connectivity index (χ4n) is 2.96. The summed E-state index contributed by atoms with van der Waals surface area (Å²) in [6, 6.07) is 4.26. The highest BCUT2D eigenvalue weighted by molar-refractivity contribution is 5.74. The maximum Gasteiger partial charge on any atom is 0.317 e. The van der Waals surface area contributed by atoms with Crippen LogP contribution in [0.4, 0.5) is 4.79 Å². The normalized spacial score (nSPS) is 18.4. The predicted octanol–water partition coefficient (Wildman–Crippen LogP) is 2.17. The first-order chi connectivity index (χ1) is 10.5. The molecule has 1 unspecified atom stereocenters. The van der Waals surface area contributed by atoms with E-state index in [-0.39, 0.29) is 12.1 Å². The van der Waals surface area contributed by atoms with Gasteiger partial charge in [-0.3, -0.25) is 0 Å². The molecule has 22 heavy (non-hydrogen) atoms. The second-order valence-corrected chi connectivity index (χ2v) is 5.93. The third kappa shape index (κ3) is 4.21. The fourth-order valence-corrected chi connectivity index (χ4v) is 2.96. The van der Waals surface area contributed by atoms with Crippen LogP contribution in [-0.2, 0) is 16.0 Å². The Morgan fingerprint density at radius 1 is 1.36 bits per heavy atom. The number of nitrogens with zero attached hydrogens (tertiary/aromatic N) is 1. The lowest BCUT2D eigenvalue weighted by Crippen LogP contribution is -2.50. The van der Waals surface area contributed by atoms with E-state index in [1.807, 2.05) is 0 Å².